The van der Waals surface area contributed by atoms with Crippen molar-refractivity contribution in [3.8, 4) is 22.5 Å². The average molecular weight is 587 g/mol. The van der Waals surface area contributed by atoms with Crippen LogP contribution in [-0.2, 0) is 4.74 Å². The zero-order valence-corrected chi connectivity index (χ0v) is 26.0. The van der Waals surface area contributed by atoms with Crippen LogP contribution in [0.3, 0.4) is 0 Å². The number of amides is 2. The molecule has 2 aliphatic rings. The fourth-order valence-corrected chi connectivity index (χ4v) is 5.27. The third kappa shape index (κ3) is 7.62. The quantitative estimate of drug-likeness (QED) is 0.168. The van der Waals surface area contributed by atoms with E-state index >= 15 is 0 Å². The number of hydrogen-bond acceptors (Lipinski definition) is 5. The predicted molar refractivity (Wildman–Crippen MR) is 169 cm³/mol. The van der Waals surface area contributed by atoms with E-state index in [9.17, 15) is 9.59 Å². The number of unbranched alkanes of at least 4 members (excludes halogenated alkanes) is 3. The van der Waals surface area contributed by atoms with Gasteiger partial charge in [0.05, 0.1) is 12.6 Å². The Balaban J connectivity index is 1.62. The normalized spacial score (nSPS) is 11.7. The number of aryl methyl sites for hydroxylation is 3. The number of aliphatic hydroxyl groups is 1. The predicted octanol–water partition coefficient (Wildman–Crippen LogP) is 4.48. The molecule has 0 atom stereocenters. The van der Waals surface area contributed by atoms with Gasteiger partial charge in [0.15, 0.2) is 0 Å². The van der Waals surface area contributed by atoms with Crippen LogP contribution in [-0.4, -0.2) is 61.9 Å². The first kappa shape index (κ1) is 31.8. The second-order valence-corrected chi connectivity index (χ2v) is 11.1. The lowest BCUT2D eigenvalue weighted by atomic mass is 9.88. The second-order valence-electron chi connectivity index (χ2n) is 11.1. The number of benzene rings is 3. The van der Waals surface area contributed by atoms with E-state index in [0.717, 1.165) is 87.7 Å². The van der Waals surface area contributed by atoms with Crippen molar-refractivity contribution in [1.82, 2.24) is 10.2 Å². The molecule has 43 heavy (non-hydrogen) atoms. The molecule has 0 saturated heterocycles. The minimum absolute atomic E-state index is 0.0850. The number of nitrogens with one attached hydrogen (secondary N) is 2. The molecule has 2 aromatic rings. The first-order valence-corrected chi connectivity index (χ1v) is 15.2. The molecule has 8 nitrogen and oxygen atoms in total. The van der Waals surface area contributed by atoms with Gasteiger partial charge in [0.25, 0.3) is 5.91 Å². The summed E-state index contributed by atoms with van der Waals surface area (Å²) in [6, 6.07) is 16.0. The fourth-order valence-electron chi connectivity index (χ4n) is 5.27. The van der Waals surface area contributed by atoms with Gasteiger partial charge in [0, 0.05) is 47.8 Å². The van der Waals surface area contributed by atoms with E-state index in [1.165, 1.54) is 0 Å². The Morgan fingerprint density at radius 2 is 1.70 bits per heavy atom. The number of ether oxygens (including phenoxy) is 1. The summed E-state index contributed by atoms with van der Waals surface area (Å²) in [7, 11) is 1.72. The number of nitrogens with zero attached hydrogens (tertiary/aromatic N) is 1. The van der Waals surface area contributed by atoms with E-state index in [2.05, 4.69) is 56.2 Å². The summed E-state index contributed by atoms with van der Waals surface area (Å²) in [6.45, 7) is 10.1. The van der Waals surface area contributed by atoms with Crippen molar-refractivity contribution in [2.24, 2.45) is 0 Å². The average Bonchev–Trinajstić information content (AvgIpc) is 2.99. The van der Waals surface area contributed by atoms with E-state index in [1.54, 1.807) is 11.9 Å². The molecule has 0 bridgehead atoms. The monoisotopic (exact) mass is 586 g/mol. The van der Waals surface area contributed by atoms with Crippen molar-refractivity contribution in [3.63, 3.8) is 0 Å². The number of carbonyl (C=O) groups excluding carboxylic acids is 2. The SMILES string of the molecule is CC[NH+]=c1cc2oc3cc(C)c(C)cc3c(-c3ccccc3C(=O)N(C)CCOC(=O)NCCCCCCO)c-2cc1C. The lowest BCUT2D eigenvalue weighted by Gasteiger charge is -2.22. The van der Waals surface area contributed by atoms with E-state index in [1.807, 2.05) is 30.3 Å². The molecule has 2 aromatic carbocycles. The van der Waals surface area contributed by atoms with Crippen molar-refractivity contribution in [1.29, 1.82) is 0 Å². The molecule has 0 spiro atoms. The molecule has 1 aliphatic heterocycles. The van der Waals surface area contributed by atoms with Crippen molar-refractivity contribution in [3.05, 3.63) is 76.1 Å². The summed E-state index contributed by atoms with van der Waals surface area (Å²) < 4.78 is 11.8. The summed E-state index contributed by atoms with van der Waals surface area (Å²) in [5.74, 6) is 0.589. The number of likely N-dealkylation sites (N-methyl/N-ethyl adjacent to an activating group) is 1. The Morgan fingerprint density at radius 1 is 0.953 bits per heavy atom. The molecule has 0 aromatic heterocycles. The first-order valence-electron chi connectivity index (χ1n) is 15.2. The summed E-state index contributed by atoms with van der Waals surface area (Å²) in [5.41, 5.74) is 7.42. The lowest BCUT2D eigenvalue weighted by Crippen LogP contribution is -2.76. The molecule has 0 unspecified atom stereocenters. The molecule has 1 aliphatic carbocycles. The number of carbonyl (C=O) groups is 2. The highest BCUT2D eigenvalue weighted by atomic mass is 16.5. The van der Waals surface area contributed by atoms with Gasteiger partial charge in [-0.3, -0.25) is 4.79 Å². The molecule has 4 rings (SSSR count). The molecule has 1 heterocycles. The Hall–Kier alpha value is -4.17. The molecular weight excluding hydrogens is 542 g/mol. The molecule has 0 radical (unpaired) electrons. The second kappa shape index (κ2) is 14.8. The van der Waals surface area contributed by atoms with Gasteiger partial charge in [0.1, 0.15) is 24.5 Å². The molecule has 2 amide bonds. The maximum atomic E-state index is 13.8. The van der Waals surface area contributed by atoms with E-state index in [0.29, 0.717) is 12.1 Å². The van der Waals surface area contributed by atoms with E-state index in [4.69, 9.17) is 14.3 Å². The molecular formula is C35H44N3O5+. The molecule has 8 heteroatoms. The van der Waals surface area contributed by atoms with Crippen LogP contribution in [0.4, 0.5) is 4.79 Å². The number of rotatable bonds is 12. The fraction of sp³-hybridized carbons (Fsp3) is 0.400. The Labute approximate surface area is 253 Å². The molecule has 0 saturated carbocycles. The molecule has 3 N–H and O–H groups in total. The van der Waals surface area contributed by atoms with Crippen LogP contribution in [0.15, 0.2) is 52.9 Å². The standard InChI is InChI=1S/C35H43N3O5/c1-6-36-30-22-32-29(20-25(30)4)33(28-19-23(2)24(3)21-31(28)43-32)26-13-9-10-14-27(26)34(40)38(5)16-18-42-35(41)37-15-11-7-8-12-17-39/h9-10,13-14,19-22,39H,6-8,11-12,15-18H2,1-5H3,(H,37,41)/p+1. The highest BCUT2D eigenvalue weighted by Gasteiger charge is 2.24. The topological polar surface area (TPSA) is 106 Å². The Bertz CT molecular complexity index is 1620. The van der Waals surface area contributed by atoms with Crippen LogP contribution in [0, 0.1) is 20.8 Å². The summed E-state index contributed by atoms with van der Waals surface area (Å²) >= 11 is 0. The molecule has 0 fully saturated rings. The van der Waals surface area contributed by atoms with Crippen molar-refractivity contribution in [2.75, 3.05) is 39.9 Å². The number of aliphatic hydroxyl groups excluding tert-OH is 1. The van der Waals surface area contributed by atoms with E-state index in [-0.39, 0.29) is 25.7 Å². The van der Waals surface area contributed by atoms with Crippen LogP contribution in [0.5, 0.6) is 0 Å². The van der Waals surface area contributed by atoms with Crippen molar-refractivity contribution < 1.29 is 28.8 Å². The van der Waals surface area contributed by atoms with Gasteiger partial charge in [-0.2, -0.15) is 0 Å². The smallest absolute Gasteiger partial charge is 0.407 e. The summed E-state index contributed by atoms with van der Waals surface area (Å²) in [6.07, 6.45) is 2.98. The maximum absolute atomic E-state index is 13.8. The van der Waals surface area contributed by atoms with Gasteiger partial charge >= 0.3 is 6.09 Å². The van der Waals surface area contributed by atoms with Gasteiger partial charge < -0.3 is 24.5 Å². The minimum Gasteiger partial charge on any atom is -0.456 e. The third-order valence-electron chi connectivity index (χ3n) is 7.84. The third-order valence-corrected chi connectivity index (χ3v) is 7.84. The number of hydrogen-bond donors (Lipinski definition) is 3. The minimum atomic E-state index is -0.493. The van der Waals surface area contributed by atoms with Gasteiger partial charge in [-0.05, 0) is 81.5 Å². The summed E-state index contributed by atoms with van der Waals surface area (Å²) in [4.78, 5) is 30.9. The Kier molecular flexibility index (Phi) is 11.0. The van der Waals surface area contributed by atoms with Gasteiger partial charge in [-0.1, -0.05) is 31.0 Å². The van der Waals surface area contributed by atoms with Crippen LogP contribution < -0.4 is 15.7 Å². The maximum Gasteiger partial charge on any atom is 0.407 e. The van der Waals surface area contributed by atoms with Gasteiger partial charge in [-0.25, -0.2) is 9.79 Å². The van der Waals surface area contributed by atoms with Crippen LogP contribution in [0.25, 0.3) is 33.4 Å². The highest BCUT2D eigenvalue weighted by Crippen LogP contribution is 2.42. The highest BCUT2D eigenvalue weighted by molar-refractivity contribution is 6.09. The van der Waals surface area contributed by atoms with Crippen molar-refractivity contribution >= 4 is 23.0 Å². The first-order chi connectivity index (χ1) is 20.7. The van der Waals surface area contributed by atoms with Crippen molar-refractivity contribution in [2.45, 2.75) is 53.4 Å². The van der Waals surface area contributed by atoms with Gasteiger partial charge in [0.2, 0.25) is 5.36 Å². The van der Waals surface area contributed by atoms with E-state index < -0.39 is 6.09 Å². The molecule has 228 valence electrons. The lowest BCUT2D eigenvalue weighted by molar-refractivity contribution is -0.496. The van der Waals surface area contributed by atoms with Crippen LogP contribution >= 0.6 is 0 Å². The van der Waals surface area contributed by atoms with Gasteiger partial charge in [-0.15, -0.1) is 0 Å². The Morgan fingerprint density at radius 3 is 2.47 bits per heavy atom. The van der Waals surface area contributed by atoms with Crippen LogP contribution in [0.2, 0.25) is 0 Å². The zero-order valence-electron chi connectivity index (χ0n) is 26.0. The van der Waals surface area contributed by atoms with Crippen LogP contribution in [0.1, 0.15) is 59.7 Å². The largest absolute Gasteiger partial charge is 0.456 e. The zero-order chi connectivity index (χ0) is 30.9. The number of fused-ring (bicyclic) bond motifs is 2. The summed E-state index contributed by atoms with van der Waals surface area (Å²) in [5, 5.41) is 13.6. The number of alkyl carbamates (subject to hydrolysis) is 1.